The number of pyridine rings is 1. The van der Waals surface area contributed by atoms with Gasteiger partial charge in [0.25, 0.3) is 5.56 Å². The molecular formula is C19H19ClF3N3O5S. The summed E-state index contributed by atoms with van der Waals surface area (Å²) in [6, 6.07) is 6.35. The molecule has 8 nitrogen and oxygen atoms in total. The summed E-state index contributed by atoms with van der Waals surface area (Å²) in [5.41, 5.74) is -1.51. The van der Waals surface area contributed by atoms with Gasteiger partial charge in [0.2, 0.25) is 15.9 Å². The van der Waals surface area contributed by atoms with E-state index in [-0.39, 0.29) is 24.5 Å². The van der Waals surface area contributed by atoms with Crippen molar-refractivity contribution in [1.29, 1.82) is 0 Å². The van der Waals surface area contributed by atoms with Gasteiger partial charge in [0.1, 0.15) is 11.6 Å². The number of ether oxygens (including phenoxy) is 1. The first-order chi connectivity index (χ1) is 15.0. The number of hydrogen-bond acceptors (Lipinski definition) is 5. The maximum Gasteiger partial charge on any atom is 0.417 e. The molecule has 2 heterocycles. The predicted octanol–water partition coefficient (Wildman–Crippen LogP) is 1.86. The topological polar surface area (TPSA) is 97.7 Å². The number of carbonyl (C=O) groups is 1. The summed E-state index contributed by atoms with van der Waals surface area (Å²) in [6.07, 6.45) is -4.20. The molecule has 0 bridgehead atoms. The zero-order valence-corrected chi connectivity index (χ0v) is 18.1. The normalized spacial score (nSPS) is 15.5. The van der Waals surface area contributed by atoms with Gasteiger partial charge in [-0.25, -0.2) is 8.42 Å². The first-order valence-corrected chi connectivity index (χ1v) is 11.2. The third-order valence-corrected chi connectivity index (χ3v) is 6.89. The van der Waals surface area contributed by atoms with Crippen molar-refractivity contribution in [2.45, 2.75) is 24.2 Å². The average molecular weight is 494 g/mol. The Labute approximate surface area is 186 Å². The van der Waals surface area contributed by atoms with Crippen LogP contribution in [0.25, 0.3) is 0 Å². The molecule has 0 spiro atoms. The Hall–Kier alpha value is -2.41. The molecule has 0 aliphatic carbocycles. The van der Waals surface area contributed by atoms with Gasteiger partial charge in [0, 0.05) is 25.8 Å². The van der Waals surface area contributed by atoms with E-state index in [1.54, 1.807) is 0 Å². The monoisotopic (exact) mass is 493 g/mol. The molecule has 1 aliphatic rings. The molecule has 1 saturated heterocycles. The van der Waals surface area contributed by atoms with Crippen LogP contribution in [0.1, 0.15) is 11.1 Å². The highest BCUT2D eigenvalue weighted by Crippen LogP contribution is 2.29. The first-order valence-electron chi connectivity index (χ1n) is 9.39. The van der Waals surface area contributed by atoms with E-state index in [0.29, 0.717) is 35.6 Å². The largest absolute Gasteiger partial charge is 0.417 e. The number of carbonyl (C=O) groups excluding carboxylic acids is 1. The number of rotatable bonds is 6. The Morgan fingerprint density at radius 2 is 1.78 bits per heavy atom. The second kappa shape index (κ2) is 9.61. The number of halogens is 4. The predicted molar refractivity (Wildman–Crippen MR) is 109 cm³/mol. The lowest BCUT2D eigenvalue weighted by atomic mass is 10.2. The lowest BCUT2D eigenvalue weighted by Crippen LogP contribution is -2.40. The molecule has 2 aromatic rings. The molecule has 3 rings (SSSR count). The van der Waals surface area contributed by atoms with Crippen LogP contribution in [0, 0.1) is 0 Å². The highest BCUT2D eigenvalue weighted by Gasteiger charge is 2.32. The van der Waals surface area contributed by atoms with Gasteiger partial charge in [-0.05, 0) is 23.8 Å². The Bertz CT molecular complexity index is 1140. The van der Waals surface area contributed by atoms with Crippen LogP contribution in [0.3, 0.4) is 0 Å². The Balaban J connectivity index is 1.63. The van der Waals surface area contributed by atoms with Crippen LogP contribution >= 0.6 is 11.6 Å². The minimum Gasteiger partial charge on any atom is -0.379 e. The number of benzene rings is 1. The van der Waals surface area contributed by atoms with E-state index in [2.05, 4.69) is 5.32 Å². The number of sulfonamides is 1. The molecule has 1 fully saturated rings. The van der Waals surface area contributed by atoms with Gasteiger partial charge in [0.05, 0.1) is 23.7 Å². The number of alkyl halides is 3. The van der Waals surface area contributed by atoms with E-state index < -0.39 is 44.8 Å². The molecule has 1 aromatic heterocycles. The molecule has 1 amide bonds. The summed E-state index contributed by atoms with van der Waals surface area (Å²) >= 11 is 5.56. The van der Waals surface area contributed by atoms with Crippen LogP contribution in [-0.4, -0.2) is 49.5 Å². The highest BCUT2D eigenvalue weighted by atomic mass is 35.5. The van der Waals surface area contributed by atoms with Gasteiger partial charge < -0.3 is 14.6 Å². The van der Waals surface area contributed by atoms with Gasteiger partial charge >= 0.3 is 6.18 Å². The fourth-order valence-corrected chi connectivity index (χ4v) is 4.63. The van der Waals surface area contributed by atoms with Crippen molar-refractivity contribution in [3.8, 4) is 0 Å². The van der Waals surface area contributed by atoms with Crippen LogP contribution in [0.15, 0.2) is 46.2 Å². The third-order valence-electron chi connectivity index (χ3n) is 4.70. The molecule has 13 heteroatoms. The molecule has 0 unspecified atom stereocenters. The molecule has 0 saturated carbocycles. The minimum absolute atomic E-state index is 0.0157. The van der Waals surface area contributed by atoms with E-state index >= 15 is 0 Å². The lowest BCUT2D eigenvalue weighted by Gasteiger charge is -2.26. The average Bonchev–Trinajstić information content (AvgIpc) is 2.75. The smallest absolute Gasteiger partial charge is 0.379 e. The minimum atomic E-state index is -4.72. The van der Waals surface area contributed by atoms with E-state index in [4.69, 9.17) is 16.3 Å². The summed E-state index contributed by atoms with van der Waals surface area (Å²) in [6.45, 7) is 0.495. The van der Waals surface area contributed by atoms with Gasteiger partial charge in [-0.1, -0.05) is 23.7 Å². The molecule has 32 heavy (non-hydrogen) atoms. The Morgan fingerprint density at radius 1 is 1.16 bits per heavy atom. The van der Waals surface area contributed by atoms with Crippen LogP contribution in [0.5, 0.6) is 0 Å². The maximum atomic E-state index is 12.9. The van der Waals surface area contributed by atoms with E-state index in [9.17, 15) is 31.2 Å². The standard InChI is InChI=1S/C19H19ClF3N3O5S/c20-16-9-14(19(21,22)23)11-25(18(16)28)12-17(27)24-10-13-1-3-15(4-2-13)32(29,30)26-5-7-31-8-6-26/h1-4,9,11H,5-8,10,12H2,(H,24,27). The Morgan fingerprint density at radius 3 is 2.38 bits per heavy atom. The third kappa shape index (κ3) is 5.68. The number of aromatic nitrogens is 1. The van der Waals surface area contributed by atoms with Crippen LogP contribution < -0.4 is 10.9 Å². The number of nitrogens with zero attached hydrogens (tertiary/aromatic N) is 2. The lowest BCUT2D eigenvalue weighted by molar-refractivity contribution is -0.138. The van der Waals surface area contributed by atoms with Crippen molar-refractivity contribution in [1.82, 2.24) is 14.2 Å². The van der Waals surface area contributed by atoms with Crippen molar-refractivity contribution in [2.75, 3.05) is 26.3 Å². The number of hydrogen-bond donors (Lipinski definition) is 1. The van der Waals surface area contributed by atoms with Crippen molar-refractivity contribution in [3.05, 3.63) is 63.0 Å². The van der Waals surface area contributed by atoms with Gasteiger partial charge in [-0.3, -0.25) is 9.59 Å². The van der Waals surface area contributed by atoms with Crippen molar-refractivity contribution in [3.63, 3.8) is 0 Å². The number of morpholine rings is 1. The summed E-state index contributed by atoms with van der Waals surface area (Å²) < 4.78 is 71.0. The number of nitrogens with one attached hydrogen (secondary N) is 1. The van der Waals surface area contributed by atoms with E-state index in [1.807, 2.05) is 0 Å². The molecule has 174 valence electrons. The first kappa shape index (κ1) is 24.2. The van der Waals surface area contributed by atoms with Gasteiger partial charge in [-0.15, -0.1) is 0 Å². The van der Waals surface area contributed by atoms with Crippen molar-refractivity contribution < 1.29 is 31.1 Å². The summed E-state index contributed by atoms with van der Waals surface area (Å²) in [7, 11) is -3.65. The Kier molecular flexibility index (Phi) is 7.28. The zero-order valence-electron chi connectivity index (χ0n) is 16.6. The fourth-order valence-electron chi connectivity index (χ4n) is 3.00. The quantitative estimate of drug-likeness (QED) is 0.662. The van der Waals surface area contributed by atoms with Crippen LogP contribution in [0.2, 0.25) is 5.02 Å². The molecule has 1 N–H and O–H groups in total. The van der Waals surface area contributed by atoms with Crippen LogP contribution in [-0.2, 0) is 38.8 Å². The highest BCUT2D eigenvalue weighted by molar-refractivity contribution is 7.89. The molecular weight excluding hydrogens is 475 g/mol. The van der Waals surface area contributed by atoms with Crippen molar-refractivity contribution >= 4 is 27.5 Å². The van der Waals surface area contributed by atoms with Crippen LogP contribution in [0.4, 0.5) is 13.2 Å². The van der Waals surface area contributed by atoms with Crippen molar-refractivity contribution in [2.24, 2.45) is 0 Å². The number of amides is 1. The van der Waals surface area contributed by atoms with E-state index in [0.717, 1.165) is 0 Å². The van der Waals surface area contributed by atoms with Gasteiger partial charge in [0.15, 0.2) is 0 Å². The molecule has 1 aromatic carbocycles. The second-order valence-electron chi connectivity index (χ2n) is 6.94. The summed E-state index contributed by atoms with van der Waals surface area (Å²) in [5.74, 6) is -0.715. The fraction of sp³-hybridized carbons (Fsp3) is 0.368. The maximum absolute atomic E-state index is 12.9. The second-order valence-corrected chi connectivity index (χ2v) is 9.29. The molecule has 0 radical (unpaired) electrons. The molecule has 0 atom stereocenters. The summed E-state index contributed by atoms with van der Waals surface area (Å²) in [4.78, 5) is 24.2. The molecule has 1 aliphatic heterocycles. The zero-order chi connectivity index (χ0) is 23.5. The van der Waals surface area contributed by atoms with E-state index in [1.165, 1.54) is 28.6 Å². The SMILES string of the molecule is O=C(Cn1cc(C(F)(F)F)cc(Cl)c1=O)NCc1ccc(S(=O)(=O)N2CCOCC2)cc1. The van der Waals surface area contributed by atoms with Gasteiger partial charge in [-0.2, -0.15) is 17.5 Å². The summed E-state index contributed by atoms with van der Waals surface area (Å²) in [5, 5.41) is 1.83.